The topological polar surface area (TPSA) is 99.0 Å². The molecule has 0 aliphatic heterocycles. The van der Waals surface area contributed by atoms with Crippen LogP contribution in [0.5, 0.6) is 17.2 Å². The highest BCUT2D eigenvalue weighted by Gasteiger charge is 2.14. The van der Waals surface area contributed by atoms with Gasteiger partial charge < -0.3 is 18.6 Å². The van der Waals surface area contributed by atoms with Gasteiger partial charge in [0.2, 0.25) is 5.91 Å². The van der Waals surface area contributed by atoms with Crippen LogP contribution in [0.15, 0.2) is 65.1 Å². The zero-order valence-corrected chi connectivity index (χ0v) is 17.3. The number of aryl methyl sites for hydroxylation is 1. The Morgan fingerprint density at radius 3 is 2.45 bits per heavy atom. The van der Waals surface area contributed by atoms with Crippen LogP contribution in [0.2, 0.25) is 0 Å². The third-order valence-electron chi connectivity index (χ3n) is 4.43. The molecule has 0 fully saturated rings. The summed E-state index contributed by atoms with van der Waals surface area (Å²) in [6.07, 6.45) is 0.571. The molecule has 31 heavy (non-hydrogen) atoms. The fourth-order valence-electron chi connectivity index (χ4n) is 2.90. The number of hydrazine groups is 1. The predicted molar refractivity (Wildman–Crippen MR) is 113 cm³/mol. The maximum Gasteiger partial charge on any atom is 0.305 e. The third-order valence-corrected chi connectivity index (χ3v) is 4.43. The van der Waals surface area contributed by atoms with Gasteiger partial charge in [-0.05, 0) is 42.3 Å². The van der Waals surface area contributed by atoms with Crippen molar-refractivity contribution in [1.82, 2.24) is 10.9 Å². The molecule has 162 valence electrons. The number of furan rings is 1. The largest absolute Gasteiger partial charge is 0.493 e. The summed E-state index contributed by atoms with van der Waals surface area (Å²) in [5.41, 5.74) is 5.56. The van der Waals surface area contributed by atoms with E-state index < -0.39 is 5.91 Å². The van der Waals surface area contributed by atoms with E-state index in [9.17, 15) is 9.59 Å². The number of rotatable bonds is 9. The number of nitrogens with one attached hydrogen (secondary N) is 2. The highest BCUT2D eigenvalue weighted by atomic mass is 16.5. The molecule has 0 bridgehead atoms. The van der Waals surface area contributed by atoms with Crippen LogP contribution < -0.4 is 25.1 Å². The minimum Gasteiger partial charge on any atom is -0.493 e. The van der Waals surface area contributed by atoms with E-state index in [0.717, 1.165) is 5.56 Å². The van der Waals surface area contributed by atoms with E-state index in [1.807, 2.05) is 42.5 Å². The lowest BCUT2D eigenvalue weighted by Gasteiger charge is -2.12. The van der Waals surface area contributed by atoms with Crippen LogP contribution in [0.3, 0.4) is 0 Å². The Bertz CT molecular complexity index is 1020. The van der Waals surface area contributed by atoms with E-state index in [1.54, 1.807) is 26.4 Å². The Morgan fingerprint density at radius 2 is 1.71 bits per heavy atom. The number of carbonyl (C=O) groups excluding carboxylic acids is 2. The molecular weight excluding hydrogens is 400 g/mol. The fraction of sp³-hybridized carbons (Fsp3) is 0.217. The van der Waals surface area contributed by atoms with E-state index in [-0.39, 0.29) is 24.7 Å². The van der Waals surface area contributed by atoms with Gasteiger partial charge in [0, 0.05) is 6.42 Å². The first-order chi connectivity index (χ1) is 15.1. The van der Waals surface area contributed by atoms with Crippen molar-refractivity contribution in [2.45, 2.75) is 19.4 Å². The maximum absolute atomic E-state index is 12.2. The molecule has 1 heterocycles. The van der Waals surface area contributed by atoms with Crippen molar-refractivity contribution in [3.05, 3.63) is 77.7 Å². The minimum atomic E-state index is -0.557. The summed E-state index contributed by atoms with van der Waals surface area (Å²) >= 11 is 0. The zero-order chi connectivity index (χ0) is 22.1. The van der Waals surface area contributed by atoms with Crippen molar-refractivity contribution in [3.8, 4) is 17.2 Å². The van der Waals surface area contributed by atoms with Crippen molar-refractivity contribution < 1.29 is 28.2 Å². The van der Waals surface area contributed by atoms with Gasteiger partial charge in [0.1, 0.15) is 18.1 Å². The number of carbonyl (C=O) groups is 2. The fourth-order valence-corrected chi connectivity index (χ4v) is 2.90. The Kier molecular flexibility index (Phi) is 7.53. The van der Waals surface area contributed by atoms with Gasteiger partial charge in [-0.1, -0.05) is 30.3 Å². The summed E-state index contributed by atoms with van der Waals surface area (Å²) in [6.45, 7) is 0.187. The smallest absolute Gasteiger partial charge is 0.305 e. The molecule has 0 aliphatic rings. The summed E-state index contributed by atoms with van der Waals surface area (Å²) in [5, 5.41) is 0. The molecule has 8 nitrogen and oxygen atoms in total. The second kappa shape index (κ2) is 10.7. The van der Waals surface area contributed by atoms with Crippen molar-refractivity contribution in [2.75, 3.05) is 14.2 Å². The summed E-state index contributed by atoms with van der Waals surface area (Å²) < 4.78 is 21.7. The first kappa shape index (κ1) is 21.8. The second-order valence-electron chi connectivity index (χ2n) is 6.52. The summed E-state index contributed by atoms with van der Waals surface area (Å²) in [7, 11) is 3.10. The van der Waals surface area contributed by atoms with Crippen LogP contribution in [0.1, 0.15) is 28.3 Å². The predicted octanol–water partition coefficient (Wildman–Crippen LogP) is 3.27. The molecular formula is C23H24N2O6. The van der Waals surface area contributed by atoms with Gasteiger partial charge >= 0.3 is 5.91 Å². The molecule has 8 heteroatoms. The minimum absolute atomic E-state index is 0.0708. The maximum atomic E-state index is 12.2. The number of para-hydroxylation sites is 2. The average molecular weight is 424 g/mol. The Morgan fingerprint density at radius 1 is 0.903 bits per heavy atom. The van der Waals surface area contributed by atoms with Gasteiger partial charge in [-0.2, -0.15) is 0 Å². The Labute approximate surface area is 180 Å². The van der Waals surface area contributed by atoms with Gasteiger partial charge in [-0.15, -0.1) is 0 Å². The molecule has 0 saturated heterocycles. The molecule has 0 radical (unpaired) electrons. The second-order valence-corrected chi connectivity index (χ2v) is 6.52. The zero-order valence-electron chi connectivity index (χ0n) is 17.3. The standard InChI is InChI=1S/C23H24N2O6/c1-28-19-10-6-7-16(22(19)29-2)11-14-21(26)24-25-23(27)20-13-12-18(31-20)15-30-17-8-4-3-5-9-17/h3-10,12-13H,11,14-15H2,1-2H3,(H,24,26)(H,25,27). The van der Waals surface area contributed by atoms with E-state index >= 15 is 0 Å². The van der Waals surface area contributed by atoms with Gasteiger partial charge in [-0.3, -0.25) is 20.4 Å². The Balaban J connectivity index is 1.45. The molecule has 2 amide bonds. The lowest BCUT2D eigenvalue weighted by molar-refractivity contribution is -0.121. The van der Waals surface area contributed by atoms with E-state index in [1.165, 1.54) is 6.07 Å². The summed E-state index contributed by atoms with van der Waals surface area (Å²) in [6, 6.07) is 17.9. The molecule has 1 aromatic heterocycles. The van der Waals surface area contributed by atoms with Crippen LogP contribution in [0, 0.1) is 0 Å². The van der Waals surface area contributed by atoms with Crippen molar-refractivity contribution >= 4 is 11.8 Å². The lowest BCUT2D eigenvalue weighted by atomic mass is 10.1. The van der Waals surface area contributed by atoms with Crippen molar-refractivity contribution in [2.24, 2.45) is 0 Å². The number of hydrogen-bond acceptors (Lipinski definition) is 6. The molecule has 0 aliphatic carbocycles. The molecule has 3 rings (SSSR count). The molecule has 2 aromatic carbocycles. The first-order valence-corrected chi connectivity index (χ1v) is 9.66. The van der Waals surface area contributed by atoms with Crippen LogP contribution in [0.25, 0.3) is 0 Å². The molecule has 2 N–H and O–H groups in total. The number of amides is 2. The molecule has 0 saturated carbocycles. The highest BCUT2D eigenvalue weighted by Crippen LogP contribution is 2.31. The monoisotopic (exact) mass is 424 g/mol. The van der Waals surface area contributed by atoms with Crippen LogP contribution in [0.4, 0.5) is 0 Å². The number of methoxy groups -OCH3 is 2. The van der Waals surface area contributed by atoms with Gasteiger partial charge in [0.05, 0.1) is 14.2 Å². The quantitative estimate of drug-likeness (QED) is 0.512. The van der Waals surface area contributed by atoms with Crippen molar-refractivity contribution in [3.63, 3.8) is 0 Å². The molecule has 0 unspecified atom stereocenters. The van der Waals surface area contributed by atoms with Crippen LogP contribution in [-0.2, 0) is 17.8 Å². The van der Waals surface area contributed by atoms with E-state index in [4.69, 9.17) is 18.6 Å². The molecule has 0 atom stereocenters. The van der Waals surface area contributed by atoms with Crippen LogP contribution >= 0.6 is 0 Å². The van der Waals surface area contributed by atoms with Crippen LogP contribution in [-0.4, -0.2) is 26.0 Å². The highest BCUT2D eigenvalue weighted by molar-refractivity contribution is 5.93. The lowest BCUT2D eigenvalue weighted by Crippen LogP contribution is -2.41. The number of hydrogen-bond donors (Lipinski definition) is 2. The van der Waals surface area contributed by atoms with E-state index in [2.05, 4.69) is 10.9 Å². The summed E-state index contributed by atoms with van der Waals surface area (Å²) in [5.74, 6) is 1.54. The third kappa shape index (κ3) is 6.02. The van der Waals surface area contributed by atoms with Gasteiger partial charge in [0.15, 0.2) is 17.3 Å². The van der Waals surface area contributed by atoms with Crippen molar-refractivity contribution in [1.29, 1.82) is 0 Å². The summed E-state index contributed by atoms with van der Waals surface area (Å²) in [4.78, 5) is 24.3. The SMILES string of the molecule is COc1cccc(CCC(=O)NNC(=O)c2ccc(COc3ccccc3)o2)c1OC. The van der Waals surface area contributed by atoms with Gasteiger partial charge in [0.25, 0.3) is 0 Å². The molecule has 0 spiro atoms. The molecule has 3 aromatic rings. The average Bonchev–Trinajstić information content (AvgIpc) is 3.29. The van der Waals surface area contributed by atoms with E-state index in [0.29, 0.717) is 29.4 Å². The normalized spacial score (nSPS) is 10.3. The number of ether oxygens (including phenoxy) is 3. The number of benzene rings is 2. The van der Waals surface area contributed by atoms with Gasteiger partial charge in [-0.25, -0.2) is 0 Å². The Hall–Kier alpha value is -3.94. The first-order valence-electron chi connectivity index (χ1n) is 9.66.